The van der Waals surface area contributed by atoms with E-state index in [2.05, 4.69) is 34.8 Å². The summed E-state index contributed by atoms with van der Waals surface area (Å²) in [5.74, 6) is 0.268. The van der Waals surface area contributed by atoms with Crippen molar-refractivity contribution in [2.45, 2.75) is 37.6 Å². The summed E-state index contributed by atoms with van der Waals surface area (Å²) < 4.78 is 31.5. The molecule has 10 heteroatoms. The Labute approximate surface area is 191 Å². The Bertz CT molecular complexity index is 1200. The van der Waals surface area contributed by atoms with Crippen LogP contribution in [0.25, 0.3) is 10.2 Å². The molecule has 1 amide bonds. The first-order valence-corrected chi connectivity index (χ1v) is 12.8. The van der Waals surface area contributed by atoms with Gasteiger partial charge in [-0.1, -0.05) is 25.2 Å². The summed E-state index contributed by atoms with van der Waals surface area (Å²) in [6.45, 7) is 5.71. The first kappa shape index (κ1) is 22.5. The normalized spacial score (nSPS) is 14.0. The van der Waals surface area contributed by atoms with Gasteiger partial charge in [0.25, 0.3) is 0 Å². The van der Waals surface area contributed by atoms with Gasteiger partial charge < -0.3 is 20.1 Å². The quantitative estimate of drug-likeness (QED) is 0.303. The fourth-order valence-corrected chi connectivity index (χ4v) is 4.87. The van der Waals surface area contributed by atoms with E-state index in [1.807, 2.05) is 0 Å². The molecule has 1 aliphatic rings. The Kier molecular flexibility index (Phi) is 6.63. The van der Waals surface area contributed by atoms with E-state index >= 15 is 0 Å². The van der Waals surface area contributed by atoms with E-state index in [9.17, 15) is 13.2 Å². The van der Waals surface area contributed by atoms with Gasteiger partial charge in [-0.15, -0.1) is 0 Å². The highest BCUT2D eigenvalue weighted by Crippen LogP contribution is 2.33. The summed E-state index contributed by atoms with van der Waals surface area (Å²) >= 11 is 1.29. The summed E-state index contributed by atoms with van der Waals surface area (Å²) in [4.78, 5) is 16.4. The fourth-order valence-electron chi connectivity index (χ4n) is 3.05. The van der Waals surface area contributed by atoms with Crippen molar-refractivity contribution in [3.05, 3.63) is 42.5 Å². The standard InChI is InChI=1S/C22H26N4O4S2/c1-14(2)23-11-12-24-16-5-8-18(9-6-16)32(28,29)30-17-7-10-19-20(13-17)31-22(25-19)26-21(27)15-3-4-15/h5-10,13-15,23-24H,3-4,11-12H2,1-2H3,(H,25,26,27). The van der Waals surface area contributed by atoms with Crippen LogP contribution in [0.2, 0.25) is 0 Å². The van der Waals surface area contributed by atoms with E-state index in [0.717, 1.165) is 36.3 Å². The Hall–Kier alpha value is -2.69. The van der Waals surface area contributed by atoms with Crippen molar-refractivity contribution >= 4 is 48.4 Å². The largest absolute Gasteiger partial charge is 0.384 e. The molecule has 0 unspecified atom stereocenters. The predicted molar refractivity (Wildman–Crippen MR) is 127 cm³/mol. The predicted octanol–water partition coefficient (Wildman–Crippen LogP) is 3.82. The number of thiazole rings is 1. The molecule has 1 heterocycles. The molecule has 4 rings (SSSR count). The van der Waals surface area contributed by atoms with Crippen molar-refractivity contribution in [2.75, 3.05) is 23.7 Å². The molecule has 0 spiro atoms. The molecule has 3 N–H and O–H groups in total. The Morgan fingerprint density at radius 2 is 1.91 bits per heavy atom. The van der Waals surface area contributed by atoms with Crippen molar-refractivity contribution in [1.82, 2.24) is 10.3 Å². The minimum absolute atomic E-state index is 0.0165. The number of carbonyl (C=O) groups excluding carboxylic acids is 1. The van der Waals surface area contributed by atoms with Gasteiger partial charge in [-0.3, -0.25) is 4.79 Å². The van der Waals surface area contributed by atoms with E-state index in [-0.39, 0.29) is 22.5 Å². The number of anilines is 2. The lowest BCUT2D eigenvalue weighted by atomic mass is 10.3. The summed E-state index contributed by atoms with van der Waals surface area (Å²) in [7, 11) is -3.98. The van der Waals surface area contributed by atoms with Gasteiger partial charge in [0.05, 0.1) is 10.2 Å². The molecule has 0 bridgehead atoms. The Morgan fingerprint density at radius 3 is 2.59 bits per heavy atom. The lowest BCUT2D eigenvalue weighted by Gasteiger charge is -2.11. The first-order chi connectivity index (χ1) is 15.3. The van der Waals surface area contributed by atoms with Crippen LogP contribution < -0.4 is 20.1 Å². The van der Waals surface area contributed by atoms with Crippen molar-refractivity contribution in [1.29, 1.82) is 0 Å². The van der Waals surface area contributed by atoms with Crippen LogP contribution in [0.1, 0.15) is 26.7 Å². The van der Waals surface area contributed by atoms with Gasteiger partial charge in [-0.25, -0.2) is 4.98 Å². The average molecular weight is 475 g/mol. The molecule has 1 fully saturated rings. The van der Waals surface area contributed by atoms with E-state index in [1.165, 1.54) is 23.5 Å². The SMILES string of the molecule is CC(C)NCCNc1ccc(S(=O)(=O)Oc2ccc3nc(NC(=O)C4CC4)sc3c2)cc1. The zero-order valence-corrected chi connectivity index (χ0v) is 19.6. The summed E-state index contributed by atoms with van der Waals surface area (Å²) in [6, 6.07) is 11.7. The lowest BCUT2D eigenvalue weighted by molar-refractivity contribution is -0.117. The molecule has 0 saturated heterocycles. The second-order valence-electron chi connectivity index (χ2n) is 8.01. The number of benzene rings is 2. The molecule has 0 aliphatic heterocycles. The number of nitrogens with one attached hydrogen (secondary N) is 3. The van der Waals surface area contributed by atoms with Gasteiger partial charge in [0.2, 0.25) is 5.91 Å². The van der Waals surface area contributed by atoms with Crippen molar-refractivity contribution in [3.8, 4) is 5.75 Å². The maximum absolute atomic E-state index is 12.7. The third-order valence-electron chi connectivity index (χ3n) is 4.89. The molecule has 2 aromatic carbocycles. The van der Waals surface area contributed by atoms with Crippen molar-refractivity contribution in [3.63, 3.8) is 0 Å². The van der Waals surface area contributed by atoms with Crippen LogP contribution in [-0.2, 0) is 14.9 Å². The number of hydrogen-bond acceptors (Lipinski definition) is 8. The number of hydrogen-bond donors (Lipinski definition) is 3. The second-order valence-corrected chi connectivity index (χ2v) is 10.6. The van der Waals surface area contributed by atoms with Gasteiger partial charge in [0.15, 0.2) is 5.13 Å². The molecule has 170 valence electrons. The van der Waals surface area contributed by atoms with Crippen LogP contribution in [0.3, 0.4) is 0 Å². The highest BCUT2D eigenvalue weighted by atomic mass is 32.2. The Morgan fingerprint density at radius 1 is 1.16 bits per heavy atom. The highest BCUT2D eigenvalue weighted by molar-refractivity contribution is 7.87. The molecular formula is C22H26N4O4S2. The van der Waals surface area contributed by atoms with E-state index in [0.29, 0.717) is 16.7 Å². The number of carbonyl (C=O) groups is 1. The van der Waals surface area contributed by atoms with Crippen LogP contribution in [0.4, 0.5) is 10.8 Å². The van der Waals surface area contributed by atoms with Crippen molar-refractivity contribution < 1.29 is 17.4 Å². The van der Waals surface area contributed by atoms with Gasteiger partial charge in [-0.2, -0.15) is 8.42 Å². The average Bonchev–Trinajstić information content (AvgIpc) is 3.52. The monoisotopic (exact) mass is 474 g/mol. The van der Waals surface area contributed by atoms with Crippen LogP contribution in [-0.4, -0.2) is 38.4 Å². The van der Waals surface area contributed by atoms with E-state index in [4.69, 9.17) is 4.18 Å². The molecule has 1 saturated carbocycles. The second kappa shape index (κ2) is 9.43. The molecule has 3 aromatic rings. The Balaban J connectivity index is 1.40. The molecule has 1 aromatic heterocycles. The molecular weight excluding hydrogens is 448 g/mol. The van der Waals surface area contributed by atoms with Gasteiger partial charge in [0, 0.05) is 36.8 Å². The third-order valence-corrected chi connectivity index (χ3v) is 7.09. The number of rotatable bonds is 10. The van der Waals surface area contributed by atoms with Crippen LogP contribution >= 0.6 is 11.3 Å². The number of aromatic nitrogens is 1. The maximum Gasteiger partial charge on any atom is 0.339 e. The van der Waals surface area contributed by atoms with Gasteiger partial charge >= 0.3 is 10.1 Å². The fraction of sp³-hybridized carbons (Fsp3) is 0.364. The maximum atomic E-state index is 12.7. The smallest absolute Gasteiger partial charge is 0.339 e. The molecule has 0 atom stereocenters. The number of amides is 1. The van der Waals surface area contributed by atoms with Crippen LogP contribution in [0.5, 0.6) is 5.75 Å². The molecule has 32 heavy (non-hydrogen) atoms. The zero-order valence-electron chi connectivity index (χ0n) is 17.9. The lowest BCUT2D eigenvalue weighted by Crippen LogP contribution is -2.28. The minimum Gasteiger partial charge on any atom is -0.384 e. The van der Waals surface area contributed by atoms with E-state index in [1.54, 1.807) is 30.3 Å². The number of nitrogens with zero attached hydrogens (tertiary/aromatic N) is 1. The van der Waals surface area contributed by atoms with Gasteiger partial charge in [-0.05, 0) is 49.2 Å². The van der Waals surface area contributed by atoms with Crippen LogP contribution in [0.15, 0.2) is 47.4 Å². The molecule has 1 aliphatic carbocycles. The van der Waals surface area contributed by atoms with Crippen molar-refractivity contribution in [2.24, 2.45) is 5.92 Å². The highest BCUT2D eigenvalue weighted by Gasteiger charge is 2.30. The topological polar surface area (TPSA) is 109 Å². The molecule has 8 nitrogen and oxygen atoms in total. The number of fused-ring (bicyclic) bond motifs is 1. The summed E-state index contributed by atoms with van der Waals surface area (Å²) in [5.41, 5.74) is 1.51. The van der Waals surface area contributed by atoms with Gasteiger partial charge in [0.1, 0.15) is 10.6 Å². The van der Waals surface area contributed by atoms with Crippen LogP contribution in [0, 0.1) is 5.92 Å². The molecule has 0 radical (unpaired) electrons. The summed E-state index contributed by atoms with van der Waals surface area (Å²) in [5, 5.41) is 9.87. The zero-order chi connectivity index (χ0) is 22.7. The third kappa shape index (κ3) is 5.76. The first-order valence-electron chi connectivity index (χ1n) is 10.5. The summed E-state index contributed by atoms with van der Waals surface area (Å²) in [6.07, 6.45) is 1.83. The minimum atomic E-state index is -3.98. The van der Waals surface area contributed by atoms with E-state index < -0.39 is 10.1 Å².